The lowest BCUT2D eigenvalue weighted by Gasteiger charge is -2.21. The highest BCUT2D eigenvalue weighted by molar-refractivity contribution is 6.31. The standard InChI is InChI=1S/C17H19ClN4O3/c1-20-8-2-4-15(20)16-5-3-9-21(16)11-17(23)19-13-10-12(18)6-7-14(13)22(24)25/h2,4,6-8,10,16H,3,5,9,11H2,1H3,(H,19,23)/p+1/t16-/m1/s1. The summed E-state index contributed by atoms with van der Waals surface area (Å²) in [6, 6.07) is 8.49. The van der Waals surface area contributed by atoms with E-state index in [9.17, 15) is 14.9 Å². The second-order valence-corrected chi connectivity index (χ2v) is 6.73. The van der Waals surface area contributed by atoms with Crippen molar-refractivity contribution in [2.24, 2.45) is 7.05 Å². The van der Waals surface area contributed by atoms with Crippen LogP contribution in [-0.2, 0) is 11.8 Å². The molecule has 0 spiro atoms. The molecule has 2 N–H and O–H groups in total. The smallest absolute Gasteiger partial charge is 0.292 e. The van der Waals surface area contributed by atoms with Crippen molar-refractivity contribution in [3.63, 3.8) is 0 Å². The summed E-state index contributed by atoms with van der Waals surface area (Å²) in [5, 5.41) is 14.1. The summed E-state index contributed by atoms with van der Waals surface area (Å²) in [5.41, 5.74) is 1.18. The minimum absolute atomic E-state index is 0.136. The van der Waals surface area contributed by atoms with Crippen molar-refractivity contribution in [2.45, 2.75) is 18.9 Å². The van der Waals surface area contributed by atoms with Gasteiger partial charge in [-0.25, -0.2) is 0 Å². The lowest BCUT2D eigenvalue weighted by Crippen LogP contribution is -3.11. The molecule has 132 valence electrons. The van der Waals surface area contributed by atoms with E-state index in [1.165, 1.54) is 28.8 Å². The Balaban J connectivity index is 1.72. The minimum atomic E-state index is -0.526. The van der Waals surface area contributed by atoms with E-state index in [0.29, 0.717) is 5.02 Å². The predicted molar refractivity (Wildman–Crippen MR) is 94.8 cm³/mol. The van der Waals surface area contributed by atoms with Crippen molar-refractivity contribution in [2.75, 3.05) is 18.4 Å². The van der Waals surface area contributed by atoms with E-state index < -0.39 is 4.92 Å². The number of rotatable bonds is 5. The lowest BCUT2D eigenvalue weighted by atomic mass is 10.1. The van der Waals surface area contributed by atoms with Crippen molar-refractivity contribution in [1.82, 2.24) is 4.57 Å². The van der Waals surface area contributed by atoms with Gasteiger partial charge in [0.2, 0.25) is 0 Å². The van der Waals surface area contributed by atoms with Crippen molar-refractivity contribution in [3.05, 3.63) is 57.4 Å². The molecule has 1 fully saturated rings. The first-order valence-electron chi connectivity index (χ1n) is 8.15. The number of halogens is 1. The Kier molecular flexibility index (Phi) is 5.06. The molecule has 2 heterocycles. The summed E-state index contributed by atoms with van der Waals surface area (Å²) in [4.78, 5) is 24.2. The quantitative estimate of drug-likeness (QED) is 0.629. The number of nitro groups is 1. The van der Waals surface area contributed by atoms with Crippen LogP contribution < -0.4 is 10.2 Å². The van der Waals surface area contributed by atoms with Gasteiger partial charge in [-0.3, -0.25) is 14.9 Å². The molecule has 1 aliphatic rings. The zero-order valence-corrected chi connectivity index (χ0v) is 14.6. The van der Waals surface area contributed by atoms with E-state index in [2.05, 4.69) is 16.0 Å². The van der Waals surface area contributed by atoms with Crippen molar-refractivity contribution in [1.29, 1.82) is 0 Å². The van der Waals surface area contributed by atoms with Crippen LogP contribution >= 0.6 is 11.6 Å². The zero-order valence-electron chi connectivity index (χ0n) is 13.9. The van der Waals surface area contributed by atoms with E-state index >= 15 is 0 Å². The van der Waals surface area contributed by atoms with Crippen molar-refractivity contribution < 1.29 is 14.6 Å². The van der Waals surface area contributed by atoms with Gasteiger partial charge in [0.05, 0.1) is 17.2 Å². The maximum absolute atomic E-state index is 12.5. The van der Waals surface area contributed by atoms with Crippen LogP contribution in [0.5, 0.6) is 0 Å². The number of carbonyl (C=O) groups excluding carboxylic acids is 1. The average molecular weight is 364 g/mol. The van der Waals surface area contributed by atoms with Gasteiger partial charge in [-0.15, -0.1) is 0 Å². The summed E-state index contributed by atoms with van der Waals surface area (Å²) in [5.74, 6) is -0.249. The van der Waals surface area contributed by atoms with E-state index in [1.54, 1.807) is 0 Å². The van der Waals surface area contributed by atoms with Crippen LogP contribution in [0.15, 0.2) is 36.5 Å². The van der Waals surface area contributed by atoms with Gasteiger partial charge in [0.15, 0.2) is 6.54 Å². The van der Waals surface area contributed by atoms with E-state index in [0.717, 1.165) is 19.4 Å². The molecule has 2 aromatic rings. The molecule has 2 atom stereocenters. The Hall–Kier alpha value is -2.38. The Morgan fingerprint density at radius 2 is 2.28 bits per heavy atom. The number of benzene rings is 1. The summed E-state index contributed by atoms with van der Waals surface area (Å²) >= 11 is 5.90. The third-order valence-corrected chi connectivity index (χ3v) is 4.88. The highest BCUT2D eigenvalue weighted by atomic mass is 35.5. The van der Waals surface area contributed by atoms with E-state index in [4.69, 9.17) is 11.6 Å². The first kappa shape index (κ1) is 17.4. The molecular formula is C17H20ClN4O3+. The number of amides is 1. The molecule has 8 heteroatoms. The maximum atomic E-state index is 12.5. The molecule has 25 heavy (non-hydrogen) atoms. The van der Waals surface area contributed by atoms with Gasteiger partial charge in [0.25, 0.3) is 11.6 Å². The van der Waals surface area contributed by atoms with E-state index in [1.807, 2.05) is 19.3 Å². The third-order valence-electron chi connectivity index (χ3n) is 4.64. The number of carbonyl (C=O) groups is 1. The molecule has 1 unspecified atom stereocenters. The number of aromatic nitrogens is 1. The summed E-state index contributed by atoms with van der Waals surface area (Å²) in [7, 11) is 2.00. The summed E-state index contributed by atoms with van der Waals surface area (Å²) in [6.07, 6.45) is 4.08. The molecule has 0 radical (unpaired) electrons. The van der Waals surface area contributed by atoms with Crippen LogP contribution in [0.25, 0.3) is 0 Å². The van der Waals surface area contributed by atoms with Crippen molar-refractivity contribution in [3.8, 4) is 0 Å². The molecule has 0 saturated carbocycles. The van der Waals surface area contributed by atoms with Crippen LogP contribution in [-0.4, -0.2) is 28.5 Å². The molecular weight excluding hydrogens is 344 g/mol. The Bertz CT molecular complexity index is 805. The highest BCUT2D eigenvalue weighted by Crippen LogP contribution is 2.27. The number of hydrogen-bond donors (Lipinski definition) is 2. The van der Waals surface area contributed by atoms with Gasteiger partial charge in [-0.05, 0) is 24.3 Å². The van der Waals surface area contributed by atoms with Gasteiger partial charge >= 0.3 is 0 Å². The van der Waals surface area contributed by atoms with Gasteiger partial charge in [-0.2, -0.15) is 0 Å². The second kappa shape index (κ2) is 7.25. The van der Waals surface area contributed by atoms with Crippen LogP contribution in [0.3, 0.4) is 0 Å². The number of anilines is 1. The third kappa shape index (κ3) is 3.83. The number of quaternary nitrogens is 1. The number of nitrogens with zero attached hydrogens (tertiary/aromatic N) is 2. The van der Waals surface area contributed by atoms with Gasteiger partial charge < -0.3 is 14.8 Å². The first-order chi connectivity index (χ1) is 12.0. The number of nitro benzene ring substituents is 1. The predicted octanol–water partition coefficient (Wildman–Crippen LogP) is 1.95. The fraction of sp³-hybridized carbons (Fsp3) is 0.353. The lowest BCUT2D eigenvalue weighted by molar-refractivity contribution is -0.910. The first-order valence-corrected chi connectivity index (χ1v) is 8.53. The van der Waals surface area contributed by atoms with Crippen LogP contribution in [0.1, 0.15) is 24.6 Å². The van der Waals surface area contributed by atoms with Gasteiger partial charge in [0, 0.05) is 37.2 Å². The molecule has 7 nitrogen and oxygen atoms in total. The molecule has 0 aliphatic carbocycles. The Labute approximate surface area is 150 Å². The molecule has 1 amide bonds. The minimum Gasteiger partial charge on any atom is -0.350 e. The van der Waals surface area contributed by atoms with Crippen LogP contribution in [0.2, 0.25) is 5.02 Å². The molecule has 1 saturated heterocycles. The molecule has 1 aromatic heterocycles. The molecule has 1 aromatic carbocycles. The number of nitrogens with one attached hydrogen (secondary N) is 2. The average Bonchev–Trinajstić information content (AvgIpc) is 3.15. The topological polar surface area (TPSA) is 81.6 Å². The molecule has 0 bridgehead atoms. The summed E-state index contributed by atoms with van der Waals surface area (Å²) < 4.78 is 2.08. The fourth-order valence-electron chi connectivity index (χ4n) is 3.48. The zero-order chi connectivity index (χ0) is 18.0. The van der Waals surface area contributed by atoms with Crippen LogP contribution in [0.4, 0.5) is 11.4 Å². The number of hydrogen-bond acceptors (Lipinski definition) is 3. The largest absolute Gasteiger partial charge is 0.350 e. The van der Waals surface area contributed by atoms with Gasteiger partial charge in [-0.1, -0.05) is 11.6 Å². The van der Waals surface area contributed by atoms with E-state index in [-0.39, 0.29) is 29.9 Å². The van der Waals surface area contributed by atoms with Gasteiger partial charge in [0.1, 0.15) is 11.7 Å². The molecule has 3 rings (SSSR count). The molecule has 1 aliphatic heterocycles. The normalized spacial score (nSPS) is 19.8. The monoisotopic (exact) mass is 363 g/mol. The highest BCUT2D eigenvalue weighted by Gasteiger charge is 2.33. The van der Waals surface area contributed by atoms with Crippen molar-refractivity contribution >= 4 is 28.9 Å². The second-order valence-electron chi connectivity index (χ2n) is 6.29. The Morgan fingerprint density at radius 3 is 2.96 bits per heavy atom. The maximum Gasteiger partial charge on any atom is 0.292 e. The summed E-state index contributed by atoms with van der Waals surface area (Å²) in [6.45, 7) is 1.17. The SMILES string of the molecule is Cn1cccc1[C@H]1CCC[NH+]1CC(=O)Nc1cc(Cl)ccc1[N+](=O)[O-]. The Morgan fingerprint density at radius 1 is 1.48 bits per heavy atom. The number of likely N-dealkylation sites (tertiary alicyclic amines) is 1. The number of aryl methyl sites for hydroxylation is 1. The van der Waals surface area contributed by atoms with Crippen LogP contribution in [0, 0.1) is 10.1 Å². The fourth-order valence-corrected chi connectivity index (χ4v) is 3.66.